The Morgan fingerprint density at radius 3 is 2.60 bits per heavy atom. The van der Waals surface area contributed by atoms with E-state index in [2.05, 4.69) is 27.7 Å². The number of carbonyl (C=O) groups excluding carboxylic acids is 1. The Labute approximate surface area is 151 Å². The van der Waals surface area contributed by atoms with Crippen molar-refractivity contribution in [2.75, 3.05) is 0 Å². The Morgan fingerprint density at radius 2 is 1.96 bits per heavy atom. The average molecular weight is 344 g/mol. The van der Waals surface area contributed by atoms with E-state index in [1.807, 2.05) is 6.07 Å². The first-order chi connectivity index (χ1) is 11.8. The zero-order chi connectivity index (χ0) is 18.4. The van der Waals surface area contributed by atoms with Gasteiger partial charge in [-0.05, 0) is 54.6 Å². The molecular formula is C22H32O3. The van der Waals surface area contributed by atoms with Gasteiger partial charge in [0.2, 0.25) is 0 Å². The van der Waals surface area contributed by atoms with E-state index >= 15 is 0 Å². The van der Waals surface area contributed by atoms with Crippen molar-refractivity contribution in [1.29, 1.82) is 0 Å². The summed E-state index contributed by atoms with van der Waals surface area (Å²) in [7, 11) is 0. The topological polar surface area (TPSA) is 57.5 Å². The highest BCUT2D eigenvalue weighted by Crippen LogP contribution is 2.59. The normalized spacial score (nSPS) is 30.0. The van der Waals surface area contributed by atoms with Crippen LogP contribution in [0.5, 0.6) is 11.5 Å². The summed E-state index contributed by atoms with van der Waals surface area (Å²) < 4.78 is 0. The minimum Gasteiger partial charge on any atom is -0.504 e. The van der Waals surface area contributed by atoms with Gasteiger partial charge in [0, 0.05) is 23.8 Å². The maximum atomic E-state index is 12.5. The van der Waals surface area contributed by atoms with Gasteiger partial charge in [-0.25, -0.2) is 0 Å². The van der Waals surface area contributed by atoms with Crippen molar-refractivity contribution in [2.45, 2.75) is 71.6 Å². The lowest BCUT2D eigenvalue weighted by Gasteiger charge is -2.54. The van der Waals surface area contributed by atoms with Crippen molar-refractivity contribution < 1.29 is 15.0 Å². The van der Waals surface area contributed by atoms with Crippen LogP contribution in [-0.2, 0) is 16.6 Å². The Bertz CT molecular complexity index is 663. The van der Waals surface area contributed by atoms with E-state index < -0.39 is 0 Å². The minimum atomic E-state index is -0.311. The van der Waals surface area contributed by atoms with Gasteiger partial charge >= 0.3 is 0 Å². The first kappa shape index (κ1) is 18.3. The SMILES string of the molecule is CCC[C@@]12CC(=O)CCC1[C@@H](C(C)C(C)C)Cc1ccc(O)c(O)c12. The van der Waals surface area contributed by atoms with Gasteiger partial charge in [-0.3, -0.25) is 4.79 Å². The second kappa shape index (κ2) is 6.66. The predicted molar refractivity (Wildman–Crippen MR) is 99.9 cm³/mol. The van der Waals surface area contributed by atoms with Crippen LogP contribution >= 0.6 is 0 Å². The van der Waals surface area contributed by atoms with E-state index in [1.54, 1.807) is 6.07 Å². The summed E-state index contributed by atoms with van der Waals surface area (Å²) >= 11 is 0. The molecule has 138 valence electrons. The molecule has 0 radical (unpaired) electrons. The first-order valence-corrected chi connectivity index (χ1v) is 9.87. The molecule has 0 spiro atoms. The number of phenolic OH excluding ortho intramolecular Hbond substituents is 2. The van der Waals surface area contributed by atoms with Gasteiger partial charge in [0.05, 0.1) is 0 Å². The fraction of sp³-hybridized carbons (Fsp3) is 0.682. The van der Waals surface area contributed by atoms with Crippen LogP contribution in [0.4, 0.5) is 0 Å². The molecule has 2 aliphatic rings. The lowest BCUT2D eigenvalue weighted by Crippen LogP contribution is -2.50. The molecule has 1 saturated carbocycles. The van der Waals surface area contributed by atoms with Crippen LogP contribution in [0.15, 0.2) is 12.1 Å². The zero-order valence-electron chi connectivity index (χ0n) is 16.0. The van der Waals surface area contributed by atoms with E-state index in [9.17, 15) is 15.0 Å². The molecule has 1 aromatic rings. The van der Waals surface area contributed by atoms with Gasteiger partial charge in [-0.15, -0.1) is 0 Å². The molecule has 2 N–H and O–H groups in total. The third-order valence-electron chi connectivity index (χ3n) is 7.09. The highest BCUT2D eigenvalue weighted by atomic mass is 16.3. The minimum absolute atomic E-state index is 0.0151. The average Bonchev–Trinajstić information content (AvgIpc) is 2.56. The molecule has 0 heterocycles. The fourth-order valence-corrected chi connectivity index (χ4v) is 5.70. The van der Waals surface area contributed by atoms with Gasteiger partial charge in [0.1, 0.15) is 5.78 Å². The van der Waals surface area contributed by atoms with E-state index in [0.717, 1.165) is 36.8 Å². The summed E-state index contributed by atoms with van der Waals surface area (Å²) in [4.78, 5) is 12.5. The van der Waals surface area contributed by atoms with Crippen LogP contribution in [0.25, 0.3) is 0 Å². The Morgan fingerprint density at radius 1 is 1.24 bits per heavy atom. The summed E-state index contributed by atoms with van der Waals surface area (Å²) in [6.07, 6.45) is 4.89. The molecule has 3 rings (SSSR count). The Kier molecular flexibility index (Phi) is 4.87. The molecular weight excluding hydrogens is 312 g/mol. The van der Waals surface area contributed by atoms with Crippen LogP contribution in [0.1, 0.15) is 70.9 Å². The summed E-state index contributed by atoms with van der Waals surface area (Å²) in [5.74, 6) is 2.35. The first-order valence-electron chi connectivity index (χ1n) is 9.87. The lowest BCUT2D eigenvalue weighted by atomic mass is 9.49. The van der Waals surface area contributed by atoms with Crippen molar-refractivity contribution in [2.24, 2.45) is 23.7 Å². The smallest absolute Gasteiger partial charge is 0.161 e. The van der Waals surface area contributed by atoms with E-state index in [4.69, 9.17) is 0 Å². The van der Waals surface area contributed by atoms with E-state index in [0.29, 0.717) is 42.3 Å². The molecule has 3 nitrogen and oxygen atoms in total. The number of rotatable bonds is 4. The fourth-order valence-electron chi connectivity index (χ4n) is 5.70. The molecule has 1 aromatic carbocycles. The number of hydrogen-bond donors (Lipinski definition) is 2. The molecule has 0 aromatic heterocycles. The van der Waals surface area contributed by atoms with Crippen molar-refractivity contribution in [1.82, 2.24) is 0 Å². The third kappa shape index (κ3) is 2.86. The second-order valence-corrected chi connectivity index (χ2v) is 8.71. The van der Waals surface area contributed by atoms with Crippen LogP contribution < -0.4 is 0 Å². The molecule has 3 heteroatoms. The number of aromatic hydroxyl groups is 2. The molecule has 0 amide bonds. The molecule has 25 heavy (non-hydrogen) atoms. The van der Waals surface area contributed by atoms with Gasteiger partial charge in [0.15, 0.2) is 11.5 Å². The van der Waals surface area contributed by atoms with Gasteiger partial charge in [-0.2, -0.15) is 0 Å². The van der Waals surface area contributed by atoms with Crippen molar-refractivity contribution in [3.8, 4) is 11.5 Å². The monoisotopic (exact) mass is 344 g/mol. The molecule has 0 saturated heterocycles. The Hall–Kier alpha value is -1.51. The molecule has 2 unspecified atom stereocenters. The number of Topliss-reactive ketones (excluding diaryl/α,β-unsaturated/α-hetero) is 1. The van der Waals surface area contributed by atoms with E-state index in [1.165, 1.54) is 0 Å². The van der Waals surface area contributed by atoms with Gasteiger partial charge < -0.3 is 10.2 Å². The number of hydrogen-bond acceptors (Lipinski definition) is 3. The van der Waals surface area contributed by atoms with Crippen LogP contribution in [0, 0.1) is 23.7 Å². The lowest BCUT2D eigenvalue weighted by molar-refractivity contribution is -0.125. The third-order valence-corrected chi connectivity index (χ3v) is 7.09. The van der Waals surface area contributed by atoms with Crippen molar-refractivity contribution in [3.63, 3.8) is 0 Å². The predicted octanol–water partition coefficient (Wildman–Crippen LogP) is 4.97. The standard InChI is InChI=1S/C22H32O3/c1-5-10-22-12-16(23)7-8-18(22)17(14(4)13(2)3)11-15-6-9-19(24)21(25)20(15)22/h6,9,13-14,17-18,24-25H,5,7-8,10-12H2,1-4H3/t14?,17-,18?,22-/m1/s1. The quantitative estimate of drug-likeness (QED) is 0.758. The van der Waals surface area contributed by atoms with Crippen molar-refractivity contribution in [3.05, 3.63) is 23.3 Å². The number of fused-ring (bicyclic) bond motifs is 3. The van der Waals surface area contributed by atoms with Crippen LogP contribution in [-0.4, -0.2) is 16.0 Å². The molecule has 2 aliphatic carbocycles. The van der Waals surface area contributed by atoms with Gasteiger partial charge in [-0.1, -0.05) is 40.2 Å². The summed E-state index contributed by atoms with van der Waals surface area (Å²) in [6, 6.07) is 3.58. The summed E-state index contributed by atoms with van der Waals surface area (Å²) in [5, 5.41) is 20.9. The highest BCUT2D eigenvalue weighted by Gasteiger charge is 2.53. The number of phenols is 2. The molecule has 1 fully saturated rings. The van der Waals surface area contributed by atoms with Crippen LogP contribution in [0.3, 0.4) is 0 Å². The number of ketones is 1. The van der Waals surface area contributed by atoms with Crippen molar-refractivity contribution >= 4 is 5.78 Å². The maximum absolute atomic E-state index is 12.5. The number of carbonyl (C=O) groups is 1. The van der Waals surface area contributed by atoms with Gasteiger partial charge in [0.25, 0.3) is 0 Å². The van der Waals surface area contributed by atoms with E-state index in [-0.39, 0.29) is 16.9 Å². The maximum Gasteiger partial charge on any atom is 0.161 e. The summed E-state index contributed by atoms with van der Waals surface area (Å²) in [5.41, 5.74) is 1.70. The second-order valence-electron chi connectivity index (χ2n) is 8.71. The number of benzene rings is 1. The molecule has 0 bridgehead atoms. The van der Waals surface area contributed by atoms with Crippen LogP contribution in [0.2, 0.25) is 0 Å². The Balaban J connectivity index is 2.22. The zero-order valence-corrected chi connectivity index (χ0v) is 16.0. The highest BCUT2D eigenvalue weighted by molar-refractivity contribution is 5.82. The molecule has 0 aliphatic heterocycles. The summed E-state index contributed by atoms with van der Waals surface area (Å²) in [6.45, 7) is 9.06. The largest absolute Gasteiger partial charge is 0.504 e. The molecule has 4 atom stereocenters.